The second kappa shape index (κ2) is 10.1. The molecule has 0 unspecified atom stereocenters. The third-order valence-corrected chi connectivity index (χ3v) is 4.04. The first-order valence-corrected chi connectivity index (χ1v) is 8.26. The van der Waals surface area contributed by atoms with Crippen molar-refractivity contribution in [3.05, 3.63) is 10.7 Å². The van der Waals surface area contributed by atoms with Gasteiger partial charge in [-0.15, -0.1) is 24.0 Å². The molecule has 23 heavy (non-hydrogen) atoms. The van der Waals surface area contributed by atoms with Crippen LogP contribution in [0.2, 0.25) is 0 Å². The SMILES string of the molecule is CCCNC(=NC)N1CCN(c2ncc(Br)c(OC)n2)CC1.I. The van der Waals surface area contributed by atoms with Crippen LogP contribution in [0.5, 0.6) is 5.88 Å². The molecule has 1 aliphatic rings. The molecule has 0 aliphatic carbocycles. The Morgan fingerprint density at radius 3 is 2.65 bits per heavy atom. The zero-order valence-corrected chi connectivity index (χ0v) is 17.7. The highest BCUT2D eigenvalue weighted by molar-refractivity contribution is 14.0. The van der Waals surface area contributed by atoms with E-state index in [1.807, 2.05) is 7.05 Å². The van der Waals surface area contributed by atoms with Crippen molar-refractivity contribution in [1.29, 1.82) is 0 Å². The number of hydrogen-bond donors (Lipinski definition) is 1. The number of methoxy groups -OCH3 is 1. The molecule has 0 amide bonds. The second-order valence-corrected chi connectivity index (χ2v) is 5.83. The van der Waals surface area contributed by atoms with E-state index in [0.717, 1.165) is 49.6 Å². The lowest BCUT2D eigenvalue weighted by atomic mass is 10.3. The molecule has 2 heterocycles. The van der Waals surface area contributed by atoms with Gasteiger partial charge >= 0.3 is 0 Å². The Morgan fingerprint density at radius 1 is 1.39 bits per heavy atom. The van der Waals surface area contributed by atoms with Crippen LogP contribution >= 0.6 is 39.9 Å². The lowest BCUT2D eigenvalue weighted by molar-refractivity contribution is 0.366. The van der Waals surface area contributed by atoms with Gasteiger partial charge in [0, 0.05) is 39.8 Å². The molecule has 1 saturated heterocycles. The maximum Gasteiger partial charge on any atom is 0.232 e. The van der Waals surface area contributed by atoms with Crippen LogP contribution in [0.3, 0.4) is 0 Å². The number of halogens is 2. The van der Waals surface area contributed by atoms with Gasteiger partial charge in [0.05, 0.1) is 17.8 Å². The van der Waals surface area contributed by atoms with Crippen LogP contribution < -0.4 is 15.0 Å². The van der Waals surface area contributed by atoms with E-state index >= 15 is 0 Å². The molecule has 0 aromatic carbocycles. The summed E-state index contributed by atoms with van der Waals surface area (Å²) >= 11 is 3.38. The molecule has 0 bridgehead atoms. The average Bonchev–Trinajstić information content (AvgIpc) is 2.56. The molecule has 1 aliphatic heterocycles. The molecule has 1 N–H and O–H groups in total. The summed E-state index contributed by atoms with van der Waals surface area (Å²) in [6.07, 6.45) is 2.82. The van der Waals surface area contributed by atoms with Crippen LogP contribution in [-0.4, -0.2) is 67.7 Å². The van der Waals surface area contributed by atoms with Crippen molar-refractivity contribution in [1.82, 2.24) is 20.2 Å². The molecule has 1 fully saturated rings. The molecule has 0 atom stereocenters. The summed E-state index contributed by atoms with van der Waals surface area (Å²) in [4.78, 5) is 17.6. The van der Waals surface area contributed by atoms with Gasteiger partial charge in [-0.2, -0.15) is 4.98 Å². The fraction of sp³-hybridized carbons (Fsp3) is 0.643. The molecule has 1 aromatic rings. The Morgan fingerprint density at radius 2 is 2.09 bits per heavy atom. The van der Waals surface area contributed by atoms with Crippen LogP contribution in [0, 0.1) is 0 Å². The van der Waals surface area contributed by atoms with E-state index in [0.29, 0.717) is 11.8 Å². The van der Waals surface area contributed by atoms with Gasteiger partial charge in [0.25, 0.3) is 0 Å². The summed E-state index contributed by atoms with van der Waals surface area (Å²) in [5.41, 5.74) is 0. The van der Waals surface area contributed by atoms with Crippen molar-refractivity contribution in [2.75, 3.05) is 51.8 Å². The van der Waals surface area contributed by atoms with E-state index < -0.39 is 0 Å². The van der Waals surface area contributed by atoms with E-state index in [1.54, 1.807) is 13.3 Å². The van der Waals surface area contributed by atoms with E-state index in [4.69, 9.17) is 4.74 Å². The van der Waals surface area contributed by atoms with Gasteiger partial charge < -0.3 is 19.9 Å². The summed E-state index contributed by atoms with van der Waals surface area (Å²) < 4.78 is 6.00. The number of rotatable bonds is 4. The number of piperazine rings is 1. The number of aliphatic imine (C=N–C) groups is 1. The summed E-state index contributed by atoms with van der Waals surface area (Å²) in [7, 11) is 3.44. The lowest BCUT2D eigenvalue weighted by Crippen LogP contribution is -2.53. The Hall–Kier alpha value is -0.840. The van der Waals surface area contributed by atoms with E-state index in [9.17, 15) is 0 Å². The van der Waals surface area contributed by atoms with Gasteiger partial charge in [0.2, 0.25) is 11.8 Å². The molecule has 130 valence electrons. The van der Waals surface area contributed by atoms with Crippen molar-refractivity contribution < 1.29 is 4.74 Å². The minimum Gasteiger partial charge on any atom is -0.480 e. The minimum atomic E-state index is 0. The van der Waals surface area contributed by atoms with Crippen LogP contribution in [0.1, 0.15) is 13.3 Å². The molecule has 0 radical (unpaired) electrons. The second-order valence-electron chi connectivity index (χ2n) is 4.98. The number of guanidine groups is 1. The number of hydrogen-bond acceptors (Lipinski definition) is 5. The minimum absolute atomic E-state index is 0. The van der Waals surface area contributed by atoms with Gasteiger partial charge in [0.15, 0.2) is 5.96 Å². The van der Waals surface area contributed by atoms with Gasteiger partial charge in [-0.3, -0.25) is 4.99 Å². The fourth-order valence-electron chi connectivity index (χ4n) is 2.33. The van der Waals surface area contributed by atoms with Crippen molar-refractivity contribution in [2.45, 2.75) is 13.3 Å². The quantitative estimate of drug-likeness (QED) is 0.389. The van der Waals surface area contributed by atoms with Crippen LogP contribution in [0.4, 0.5) is 5.95 Å². The zero-order chi connectivity index (χ0) is 15.9. The lowest BCUT2D eigenvalue weighted by Gasteiger charge is -2.36. The fourth-order valence-corrected chi connectivity index (χ4v) is 2.68. The summed E-state index contributed by atoms with van der Waals surface area (Å²) in [5, 5.41) is 3.37. The topological polar surface area (TPSA) is 65.9 Å². The number of aromatic nitrogens is 2. The monoisotopic (exact) mass is 498 g/mol. The number of ether oxygens (including phenoxy) is 1. The Kier molecular flexibility index (Phi) is 8.88. The highest BCUT2D eigenvalue weighted by atomic mass is 127. The molecule has 2 rings (SSSR count). The van der Waals surface area contributed by atoms with Gasteiger partial charge in [-0.1, -0.05) is 6.92 Å². The van der Waals surface area contributed by atoms with Gasteiger partial charge in [-0.05, 0) is 22.4 Å². The van der Waals surface area contributed by atoms with E-state index in [1.165, 1.54) is 0 Å². The molecule has 9 heteroatoms. The predicted molar refractivity (Wildman–Crippen MR) is 107 cm³/mol. The van der Waals surface area contributed by atoms with E-state index in [-0.39, 0.29) is 24.0 Å². The van der Waals surface area contributed by atoms with Crippen molar-refractivity contribution in [3.8, 4) is 5.88 Å². The standard InChI is InChI=1S/C14H23BrN6O.HI/c1-4-5-17-13(16-2)20-6-8-21(9-7-20)14-18-10-11(15)12(19-14)22-3;/h10H,4-9H2,1-3H3,(H,16,17);1H. The first-order valence-electron chi connectivity index (χ1n) is 7.46. The van der Waals surface area contributed by atoms with Gasteiger partial charge in [0.1, 0.15) is 0 Å². The maximum absolute atomic E-state index is 5.23. The molecule has 0 spiro atoms. The van der Waals surface area contributed by atoms with Crippen molar-refractivity contribution >= 4 is 51.8 Å². The highest BCUT2D eigenvalue weighted by Crippen LogP contribution is 2.23. The Bertz CT molecular complexity index is 522. The van der Waals surface area contributed by atoms with Crippen molar-refractivity contribution in [2.24, 2.45) is 4.99 Å². The number of nitrogens with zero attached hydrogens (tertiary/aromatic N) is 5. The zero-order valence-electron chi connectivity index (χ0n) is 13.8. The average molecular weight is 499 g/mol. The highest BCUT2D eigenvalue weighted by Gasteiger charge is 2.21. The Labute approximate surface area is 163 Å². The van der Waals surface area contributed by atoms with E-state index in [2.05, 4.69) is 52.9 Å². The molecule has 1 aromatic heterocycles. The van der Waals surface area contributed by atoms with Gasteiger partial charge in [-0.25, -0.2) is 4.98 Å². The summed E-state index contributed by atoms with van der Waals surface area (Å²) in [6.45, 7) is 6.60. The number of nitrogens with one attached hydrogen (secondary N) is 1. The first-order chi connectivity index (χ1) is 10.7. The van der Waals surface area contributed by atoms with Crippen LogP contribution in [-0.2, 0) is 0 Å². The molecule has 7 nitrogen and oxygen atoms in total. The largest absolute Gasteiger partial charge is 0.480 e. The molecular weight excluding hydrogens is 475 g/mol. The molecular formula is C14H24BrIN6O. The summed E-state index contributed by atoms with van der Waals surface area (Å²) in [5.74, 6) is 2.24. The predicted octanol–water partition coefficient (Wildman–Crippen LogP) is 1.97. The third kappa shape index (κ3) is 5.33. The normalized spacial score (nSPS) is 15.2. The first kappa shape index (κ1) is 20.2. The Balaban J connectivity index is 0.00000264. The maximum atomic E-state index is 5.23. The van der Waals surface area contributed by atoms with Crippen LogP contribution in [0.25, 0.3) is 0 Å². The smallest absolute Gasteiger partial charge is 0.232 e. The third-order valence-electron chi connectivity index (χ3n) is 3.50. The number of anilines is 1. The summed E-state index contributed by atoms with van der Waals surface area (Å²) in [6, 6.07) is 0. The van der Waals surface area contributed by atoms with Crippen molar-refractivity contribution in [3.63, 3.8) is 0 Å². The van der Waals surface area contributed by atoms with Crippen LogP contribution in [0.15, 0.2) is 15.7 Å². The molecule has 0 saturated carbocycles.